The molecule has 1 rings (SSSR count). The molecule has 2 amide bonds. The second-order valence-electron chi connectivity index (χ2n) is 4.28. The highest BCUT2D eigenvalue weighted by atomic mass is 16.4. The quantitative estimate of drug-likeness (QED) is 0.661. The number of nitrogens with one attached hydrogen (secondary N) is 2. The number of hydrogen-bond acceptors (Lipinski definition) is 3. The van der Waals surface area contributed by atoms with Crippen molar-refractivity contribution in [2.45, 2.75) is 38.8 Å². The summed E-state index contributed by atoms with van der Waals surface area (Å²) in [4.78, 5) is 24.3. The molecule has 1 aliphatic heterocycles. The van der Waals surface area contributed by atoms with Gasteiger partial charge in [-0.1, -0.05) is 0 Å². The zero-order chi connectivity index (χ0) is 12.8. The van der Waals surface area contributed by atoms with E-state index in [0.29, 0.717) is 6.54 Å². The van der Waals surface area contributed by atoms with Crippen molar-refractivity contribution in [3.63, 3.8) is 0 Å². The lowest BCUT2D eigenvalue weighted by Gasteiger charge is -2.34. The summed E-state index contributed by atoms with van der Waals surface area (Å²) < 4.78 is 0. The van der Waals surface area contributed by atoms with E-state index in [1.165, 1.54) is 6.92 Å². The average molecular weight is 243 g/mol. The lowest BCUT2D eigenvalue weighted by molar-refractivity contribution is -0.138. The molecule has 1 saturated heterocycles. The third-order valence-corrected chi connectivity index (χ3v) is 3.06. The largest absolute Gasteiger partial charge is 0.480 e. The Morgan fingerprint density at radius 3 is 2.53 bits per heavy atom. The molecule has 0 bridgehead atoms. The van der Waals surface area contributed by atoms with E-state index in [9.17, 15) is 9.59 Å². The third-order valence-electron chi connectivity index (χ3n) is 3.06. The Hall–Kier alpha value is -1.30. The van der Waals surface area contributed by atoms with Gasteiger partial charge in [-0.2, -0.15) is 0 Å². The number of urea groups is 1. The second-order valence-corrected chi connectivity index (χ2v) is 4.28. The minimum atomic E-state index is -1.01. The molecule has 1 heterocycles. The number of carboxylic acid groups (broad SMARTS) is 1. The van der Waals surface area contributed by atoms with Crippen molar-refractivity contribution in [2.24, 2.45) is 0 Å². The smallest absolute Gasteiger partial charge is 0.325 e. The Bertz CT molecular complexity index is 277. The maximum Gasteiger partial charge on any atom is 0.325 e. The van der Waals surface area contributed by atoms with Crippen LogP contribution in [0, 0.1) is 0 Å². The predicted molar refractivity (Wildman–Crippen MR) is 63.9 cm³/mol. The van der Waals surface area contributed by atoms with E-state index in [2.05, 4.69) is 10.6 Å². The van der Waals surface area contributed by atoms with Crippen LogP contribution >= 0.6 is 0 Å². The number of rotatable bonds is 4. The number of piperidine rings is 1. The van der Waals surface area contributed by atoms with E-state index in [-0.39, 0.29) is 12.1 Å². The van der Waals surface area contributed by atoms with Crippen molar-refractivity contribution in [1.29, 1.82) is 0 Å². The van der Waals surface area contributed by atoms with Gasteiger partial charge in [-0.3, -0.25) is 4.79 Å². The van der Waals surface area contributed by atoms with Crippen LogP contribution in [0.3, 0.4) is 0 Å². The maximum absolute atomic E-state index is 11.9. The normalized spacial score (nSPS) is 18.5. The van der Waals surface area contributed by atoms with Crippen molar-refractivity contribution in [2.75, 3.05) is 19.6 Å². The Labute approximate surface area is 101 Å². The number of carboxylic acids is 1. The van der Waals surface area contributed by atoms with Crippen LogP contribution in [-0.4, -0.2) is 53.7 Å². The highest BCUT2D eigenvalue weighted by Crippen LogP contribution is 2.11. The number of carbonyl (C=O) groups is 2. The molecule has 0 aliphatic carbocycles. The highest BCUT2D eigenvalue weighted by Gasteiger charge is 2.25. The van der Waals surface area contributed by atoms with Gasteiger partial charge in [0.25, 0.3) is 0 Å². The van der Waals surface area contributed by atoms with Gasteiger partial charge in [0.05, 0.1) is 0 Å². The van der Waals surface area contributed by atoms with Crippen LogP contribution in [0.4, 0.5) is 4.79 Å². The highest BCUT2D eigenvalue weighted by molar-refractivity contribution is 5.82. The van der Waals surface area contributed by atoms with Crippen molar-refractivity contribution in [1.82, 2.24) is 15.5 Å². The van der Waals surface area contributed by atoms with Gasteiger partial charge in [0.2, 0.25) is 0 Å². The van der Waals surface area contributed by atoms with Crippen LogP contribution in [0.5, 0.6) is 0 Å². The lowest BCUT2D eigenvalue weighted by Crippen LogP contribution is -2.52. The summed E-state index contributed by atoms with van der Waals surface area (Å²) in [5.41, 5.74) is 0. The number of amides is 2. The van der Waals surface area contributed by atoms with Crippen LogP contribution in [-0.2, 0) is 4.79 Å². The molecule has 6 heteroatoms. The van der Waals surface area contributed by atoms with E-state index < -0.39 is 12.0 Å². The van der Waals surface area contributed by atoms with Crippen molar-refractivity contribution >= 4 is 12.0 Å². The van der Waals surface area contributed by atoms with E-state index >= 15 is 0 Å². The average Bonchev–Trinajstić information content (AvgIpc) is 2.31. The minimum absolute atomic E-state index is 0.210. The van der Waals surface area contributed by atoms with E-state index in [4.69, 9.17) is 5.11 Å². The SMILES string of the molecule is CCN(C(=O)NC(C)C(=O)O)C1CCNCC1. The molecule has 1 aliphatic rings. The fourth-order valence-corrected chi connectivity index (χ4v) is 2.02. The van der Waals surface area contributed by atoms with Gasteiger partial charge in [-0.15, -0.1) is 0 Å². The zero-order valence-electron chi connectivity index (χ0n) is 10.4. The standard InChI is InChI=1S/C11H21N3O3/c1-3-14(9-4-6-12-7-5-9)11(17)13-8(2)10(15)16/h8-9,12H,3-7H2,1-2H3,(H,13,17)(H,15,16). The van der Waals surface area contributed by atoms with Gasteiger partial charge in [-0.25, -0.2) is 4.79 Å². The monoisotopic (exact) mass is 243 g/mol. The molecule has 1 fully saturated rings. The first kappa shape index (κ1) is 13.8. The van der Waals surface area contributed by atoms with Gasteiger partial charge >= 0.3 is 12.0 Å². The van der Waals surface area contributed by atoms with Gasteiger partial charge in [0.1, 0.15) is 6.04 Å². The minimum Gasteiger partial charge on any atom is -0.480 e. The summed E-state index contributed by atoms with van der Waals surface area (Å²) >= 11 is 0. The first-order valence-corrected chi connectivity index (χ1v) is 6.07. The van der Waals surface area contributed by atoms with Gasteiger partial charge in [0.15, 0.2) is 0 Å². The molecule has 0 aromatic rings. The first-order valence-electron chi connectivity index (χ1n) is 6.07. The molecule has 0 radical (unpaired) electrons. The number of aliphatic carboxylic acids is 1. The molecule has 0 aromatic heterocycles. The number of carbonyl (C=O) groups excluding carboxylic acids is 1. The van der Waals surface area contributed by atoms with Gasteiger partial charge in [0, 0.05) is 12.6 Å². The van der Waals surface area contributed by atoms with E-state index in [1.807, 2.05) is 6.92 Å². The Morgan fingerprint density at radius 2 is 2.06 bits per heavy atom. The molecule has 6 nitrogen and oxygen atoms in total. The first-order chi connectivity index (χ1) is 8.06. The fourth-order valence-electron chi connectivity index (χ4n) is 2.02. The van der Waals surface area contributed by atoms with Gasteiger partial charge < -0.3 is 20.6 Å². The topological polar surface area (TPSA) is 81.7 Å². The molecule has 17 heavy (non-hydrogen) atoms. The summed E-state index contributed by atoms with van der Waals surface area (Å²) in [5.74, 6) is -1.01. The maximum atomic E-state index is 11.9. The summed E-state index contributed by atoms with van der Waals surface area (Å²) in [5, 5.41) is 14.5. The van der Waals surface area contributed by atoms with Crippen LogP contribution in [0.1, 0.15) is 26.7 Å². The zero-order valence-corrected chi connectivity index (χ0v) is 10.4. The van der Waals surface area contributed by atoms with Gasteiger partial charge in [-0.05, 0) is 39.8 Å². The molecular formula is C11H21N3O3. The van der Waals surface area contributed by atoms with Crippen LogP contribution in [0.15, 0.2) is 0 Å². The summed E-state index contributed by atoms with van der Waals surface area (Å²) in [6.45, 7) is 5.79. The predicted octanol–water partition coefficient (Wildman–Crippen LogP) is 0.243. The molecule has 1 atom stereocenters. The summed E-state index contributed by atoms with van der Waals surface area (Å²) in [6.07, 6.45) is 1.84. The third kappa shape index (κ3) is 3.89. The van der Waals surface area contributed by atoms with E-state index in [1.54, 1.807) is 4.90 Å². The van der Waals surface area contributed by atoms with E-state index in [0.717, 1.165) is 25.9 Å². The number of hydrogen-bond donors (Lipinski definition) is 3. The molecular weight excluding hydrogens is 222 g/mol. The Morgan fingerprint density at radius 1 is 1.47 bits per heavy atom. The molecule has 1 unspecified atom stereocenters. The second kappa shape index (κ2) is 6.44. The Balaban J connectivity index is 2.53. The Kier molecular flexibility index (Phi) is 5.21. The molecule has 0 spiro atoms. The van der Waals surface area contributed by atoms with Crippen molar-refractivity contribution in [3.05, 3.63) is 0 Å². The summed E-state index contributed by atoms with van der Waals surface area (Å²) in [6, 6.07) is -0.921. The summed E-state index contributed by atoms with van der Waals surface area (Å²) in [7, 11) is 0. The van der Waals surface area contributed by atoms with Crippen LogP contribution < -0.4 is 10.6 Å². The van der Waals surface area contributed by atoms with Crippen LogP contribution in [0.25, 0.3) is 0 Å². The fraction of sp³-hybridized carbons (Fsp3) is 0.818. The molecule has 0 aromatic carbocycles. The molecule has 0 saturated carbocycles. The van der Waals surface area contributed by atoms with Crippen molar-refractivity contribution in [3.8, 4) is 0 Å². The van der Waals surface area contributed by atoms with Crippen molar-refractivity contribution < 1.29 is 14.7 Å². The molecule has 3 N–H and O–H groups in total. The number of nitrogens with zero attached hydrogens (tertiary/aromatic N) is 1. The molecule has 98 valence electrons. The lowest BCUT2D eigenvalue weighted by atomic mass is 10.1. The van der Waals surface area contributed by atoms with Crippen LogP contribution in [0.2, 0.25) is 0 Å².